The van der Waals surface area contributed by atoms with Gasteiger partial charge in [0.15, 0.2) is 0 Å². The molecule has 0 aromatic heterocycles. The Hall–Kier alpha value is -2.97. The highest BCUT2D eigenvalue weighted by atomic mass is 19.1. The molecule has 0 unspecified atom stereocenters. The normalized spacial score (nSPS) is 13.0. The average molecular weight is 424 g/mol. The lowest BCUT2D eigenvalue weighted by Gasteiger charge is -2.23. The summed E-state index contributed by atoms with van der Waals surface area (Å²) in [6.45, 7) is 6.36. The van der Waals surface area contributed by atoms with E-state index in [0.717, 1.165) is 7.11 Å². The van der Waals surface area contributed by atoms with Crippen molar-refractivity contribution >= 4 is 23.8 Å². The number of carbonyl (C=O) groups is 4. The number of carbonyl (C=O) groups excluding carboxylic acids is 4. The van der Waals surface area contributed by atoms with E-state index in [2.05, 4.69) is 10.6 Å². The molecule has 0 aliphatic heterocycles. The average Bonchev–Trinajstić information content (AvgIpc) is 2.63. The third-order valence-corrected chi connectivity index (χ3v) is 3.94. The van der Waals surface area contributed by atoms with Gasteiger partial charge in [0.25, 0.3) is 0 Å². The van der Waals surface area contributed by atoms with Gasteiger partial charge in [-0.3, -0.25) is 14.4 Å². The second kappa shape index (κ2) is 11.3. The van der Waals surface area contributed by atoms with Crippen LogP contribution in [0.4, 0.5) is 4.39 Å². The molecule has 0 bridgehead atoms. The van der Waals surface area contributed by atoms with Gasteiger partial charge in [0.05, 0.1) is 7.11 Å². The summed E-state index contributed by atoms with van der Waals surface area (Å²) in [5.41, 5.74) is -0.452. The Balaban J connectivity index is 2.88. The number of ether oxygens (including phenoxy) is 2. The standard InChI is InChI=1S/C21H29FN2O6/c1-13(25)23-17(12-14-8-6-7-9-15(14)22)19(27)24-16(20(28)29-5)10-11-18(26)30-21(2,3)4/h6-9,16-17H,10-12H2,1-5H3,(H,23,25)(H,24,27)/t16-,17+/m1/s1. The topological polar surface area (TPSA) is 111 Å². The first-order valence-corrected chi connectivity index (χ1v) is 9.53. The lowest BCUT2D eigenvalue weighted by molar-refractivity contribution is -0.155. The Bertz CT molecular complexity index is 775. The molecule has 0 aliphatic carbocycles. The van der Waals surface area contributed by atoms with Gasteiger partial charge in [-0.1, -0.05) is 18.2 Å². The van der Waals surface area contributed by atoms with Crippen molar-refractivity contribution in [1.29, 1.82) is 0 Å². The van der Waals surface area contributed by atoms with E-state index in [9.17, 15) is 23.6 Å². The summed E-state index contributed by atoms with van der Waals surface area (Å²) in [6.07, 6.45) is -0.298. The van der Waals surface area contributed by atoms with Crippen LogP contribution in [-0.4, -0.2) is 48.5 Å². The molecule has 2 amide bonds. The summed E-state index contributed by atoms with van der Waals surface area (Å²) >= 11 is 0. The predicted octanol–water partition coefficient (Wildman–Crippen LogP) is 1.65. The molecule has 0 saturated carbocycles. The maximum Gasteiger partial charge on any atom is 0.328 e. The molecule has 8 nitrogen and oxygen atoms in total. The summed E-state index contributed by atoms with van der Waals surface area (Å²) in [6, 6.07) is 3.61. The van der Waals surface area contributed by atoms with Gasteiger partial charge in [0.1, 0.15) is 23.5 Å². The highest BCUT2D eigenvalue weighted by Crippen LogP contribution is 2.12. The zero-order valence-electron chi connectivity index (χ0n) is 17.9. The number of nitrogens with one attached hydrogen (secondary N) is 2. The fraction of sp³-hybridized carbons (Fsp3) is 0.524. The number of benzene rings is 1. The molecule has 30 heavy (non-hydrogen) atoms. The monoisotopic (exact) mass is 424 g/mol. The molecule has 2 atom stereocenters. The molecular weight excluding hydrogens is 395 g/mol. The largest absolute Gasteiger partial charge is 0.467 e. The van der Waals surface area contributed by atoms with E-state index in [-0.39, 0.29) is 24.8 Å². The van der Waals surface area contributed by atoms with E-state index in [1.165, 1.54) is 25.1 Å². The Kier molecular flexibility index (Phi) is 9.42. The highest BCUT2D eigenvalue weighted by Gasteiger charge is 2.28. The molecule has 1 aromatic carbocycles. The smallest absolute Gasteiger partial charge is 0.328 e. The van der Waals surface area contributed by atoms with Gasteiger partial charge in [-0.15, -0.1) is 0 Å². The molecular formula is C21H29FN2O6. The first-order chi connectivity index (χ1) is 13.9. The van der Waals surface area contributed by atoms with Gasteiger partial charge in [-0.25, -0.2) is 9.18 Å². The van der Waals surface area contributed by atoms with Crippen molar-refractivity contribution in [3.63, 3.8) is 0 Å². The van der Waals surface area contributed by atoms with Gasteiger partial charge < -0.3 is 20.1 Å². The minimum Gasteiger partial charge on any atom is -0.467 e. The molecule has 0 heterocycles. The number of halogens is 1. The third kappa shape index (κ3) is 9.02. The van der Waals surface area contributed by atoms with Crippen LogP contribution >= 0.6 is 0 Å². The van der Waals surface area contributed by atoms with E-state index in [1.54, 1.807) is 26.8 Å². The number of rotatable bonds is 9. The number of amides is 2. The minimum atomic E-state index is -1.13. The third-order valence-electron chi connectivity index (χ3n) is 3.94. The molecule has 2 N–H and O–H groups in total. The number of methoxy groups -OCH3 is 1. The summed E-state index contributed by atoms with van der Waals surface area (Å²) < 4.78 is 23.9. The maximum atomic E-state index is 14.0. The van der Waals surface area contributed by atoms with Crippen molar-refractivity contribution in [2.24, 2.45) is 0 Å². The Morgan fingerprint density at radius 3 is 2.23 bits per heavy atom. The lowest BCUT2D eigenvalue weighted by Crippen LogP contribution is -2.52. The van der Waals surface area contributed by atoms with Gasteiger partial charge >= 0.3 is 11.9 Å². The Morgan fingerprint density at radius 1 is 1.07 bits per heavy atom. The van der Waals surface area contributed by atoms with Crippen LogP contribution in [0.1, 0.15) is 46.1 Å². The fourth-order valence-corrected chi connectivity index (χ4v) is 2.66. The zero-order chi connectivity index (χ0) is 22.9. The summed E-state index contributed by atoms with van der Waals surface area (Å²) in [4.78, 5) is 48.2. The summed E-state index contributed by atoms with van der Waals surface area (Å²) in [5.74, 6) is -2.99. The summed E-state index contributed by atoms with van der Waals surface area (Å²) in [7, 11) is 1.15. The van der Waals surface area contributed by atoms with Crippen LogP contribution in [0.25, 0.3) is 0 Å². The van der Waals surface area contributed by atoms with Crippen LogP contribution in [0.3, 0.4) is 0 Å². The van der Waals surface area contributed by atoms with Gasteiger partial charge in [-0.2, -0.15) is 0 Å². The van der Waals surface area contributed by atoms with E-state index in [1.807, 2.05) is 0 Å². The molecule has 0 spiro atoms. The van der Waals surface area contributed by atoms with Crippen molar-refractivity contribution in [2.45, 2.75) is 64.6 Å². The van der Waals surface area contributed by atoms with E-state index < -0.39 is 47.3 Å². The van der Waals surface area contributed by atoms with Crippen molar-refractivity contribution in [3.8, 4) is 0 Å². The van der Waals surface area contributed by atoms with E-state index >= 15 is 0 Å². The molecule has 9 heteroatoms. The van der Waals surface area contributed by atoms with E-state index in [4.69, 9.17) is 9.47 Å². The molecule has 0 radical (unpaired) electrons. The van der Waals surface area contributed by atoms with Crippen LogP contribution in [0.2, 0.25) is 0 Å². The first kappa shape index (κ1) is 25.1. The van der Waals surface area contributed by atoms with E-state index in [0.29, 0.717) is 0 Å². The molecule has 166 valence electrons. The van der Waals surface area contributed by atoms with Crippen molar-refractivity contribution in [3.05, 3.63) is 35.6 Å². The second-order valence-corrected chi connectivity index (χ2v) is 7.76. The van der Waals surface area contributed by atoms with Gasteiger partial charge in [0.2, 0.25) is 11.8 Å². The number of hydrogen-bond acceptors (Lipinski definition) is 6. The summed E-state index contributed by atoms with van der Waals surface area (Å²) in [5, 5.41) is 4.92. The molecule has 0 saturated heterocycles. The number of hydrogen-bond donors (Lipinski definition) is 2. The van der Waals surface area contributed by atoms with Crippen LogP contribution in [0.5, 0.6) is 0 Å². The SMILES string of the molecule is COC(=O)[C@@H](CCC(=O)OC(C)(C)C)NC(=O)[C@H](Cc1ccccc1F)NC(C)=O. The van der Waals surface area contributed by atoms with Gasteiger partial charge in [0, 0.05) is 19.8 Å². The Morgan fingerprint density at radius 2 is 1.70 bits per heavy atom. The zero-order valence-corrected chi connectivity index (χ0v) is 17.9. The minimum absolute atomic E-state index is 0.0557. The quantitative estimate of drug-likeness (QED) is 0.583. The van der Waals surface area contributed by atoms with Crippen molar-refractivity contribution in [1.82, 2.24) is 10.6 Å². The molecule has 0 aliphatic rings. The van der Waals surface area contributed by atoms with Crippen molar-refractivity contribution < 1.29 is 33.0 Å². The number of esters is 2. The molecule has 1 aromatic rings. The lowest BCUT2D eigenvalue weighted by atomic mass is 10.0. The van der Waals surface area contributed by atoms with Crippen LogP contribution in [-0.2, 0) is 35.1 Å². The molecule has 1 rings (SSSR count). The second-order valence-electron chi connectivity index (χ2n) is 7.76. The highest BCUT2D eigenvalue weighted by molar-refractivity contribution is 5.90. The first-order valence-electron chi connectivity index (χ1n) is 9.53. The van der Waals surface area contributed by atoms with Gasteiger partial charge in [-0.05, 0) is 38.8 Å². The predicted molar refractivity (Wildman–Crippen MR) is 107 cm³/mol. The molecule has 0 fully saturated rings. The van der Waals surface area contributed by atoms with Crippen molar-refractivity contribution in [2.75, 3.05) is 7.11 Å². The van der Waals surface area contributed by atoms with Crippen LogP contribution in [0, 0.1) is 5.82 Å². The Labute approximate surface area is 175 Å². The maximum absolute atomic E-state index is 14.0. The van der Waals surface area contributed by atoms with Crippen LogP contribution < -0.4 is 10.6 Å². The fourth-order valence-electron chi connectivity index (χ4n) is 2.66. The van der Waals surface area contributed by atoms with Crippen LogP contribution in [0.15, 0.2) is 24.3 Å².